The van der Waals surface area contributed by atoms with Crippen molar-refractivity contribution in [3.05, 3.63) is 0 Å². The van der Waals surface area contributed by atoms with Gasteiger partial charge in [0.1, 0.15) is 18.3 Å². The smallest absolute Gasteiger partial charge is 0.265 e. The molecule has 0 spiro atoms. The summed E-state index contributed by atoms with van der Waals surface area (Å²) < 4.78 is 7.49. The van der Waals surface area contributed by atoms with Gasteiger partial charge in [-0.1, -0.05) is 34.8 Å². The standard InChI is InChI=1S/C7H10Cl3NO5/c8-7(9,10)6(11)16-5-4(14)3(13)2(12)1-15-5/h2-5,11-14H,1H2/t2-,3-,4+,5?/m1/s1. The summed E-state index contributed by atoms with van der Waals surface area (Å²) >= 11 is 16.0. The molecule has 1 saturated heterocycles. The summed E-state index contributed by atoms with van der Waals surface area (Å²) in [6.45, 7) is -0.254. The van der Waals surface area contributed by atoms with Gasteiger partial charge in [-0.25, -0.2) is 0 Å². The van der Waals surface area contributed by atoms with Crippen molar-refractivity contribution in [2.24, 2.45) is 0 Å². The molecule has 6 nitrogen and oxygen atoms in total. The first-order valence-electron chi connectivity index (χ1n) is 4.21. The van der Waals surface area contributed by atoms with Crippen LogP contribution in [0.15, 0.2) is 0 Å². The van der Waals surface area contributed by atoms with Crippen LogP contribution in [0.25, 0.3) is 0 Å². The highest BCUT2D eigenvalue weighted by atomic mass is 35.6. The fourth-order valence-electron chi connectivity index (χ4n) is 1.07. The van der Waals surface area contributed by atoms with E-state index in [9.17, 15) is 10.2 Å². The molecule has 0 amide bonds. The van der Waals surface area contributed by atoms with E-state index in [1.165, 1.54) is 0 Å². The van der Waals surface area contributed by atoms with Gasteiger partial charge in [-0.15, -0.1) is 0 Å². The molecular weight excluding hydrogens is 284 g/mol. The molecule has 94 valence electrons. The van der Waals surface area contributed by atoms with Crippen LogP contribution in [-0.2, 0) is 9.47 Å². The SMILES string of the molecule is N=C(OC1OC[C@@H](O)[C@@H](O)[C@@H]1O)C(Cl)(Cl)Cl. The van der Waals surface area contributed by atoms with Gasteiger partial charge in [-0.05, 0) is 0 Å². The second kappa shape index (κ2) is 5.22. The minimum Gasteiger partial charge on any atom is -0.445 e. The fourth-order valence-corrected chi connectivity index (χ4v) is 1.20. The van der Waals surface area contributed by atoms with Gasteiger partial charge in [0.25, 0.3) is 3.79 Å². The molecule has 9 heteroatoms. The zero-order valence-electron chi connectivity index (χ0n) is 7.81. The lowest BCUT2D eigenvalue weighted by Crippen LogP contribution is -2.54. The van der Waals surface area contributed by atoms with E-state index in [-0.39, 0.29) is 6.61 Å². The minimum absolute atomic E-state index is 0.254. The lowest BCUT2D eigenvalue weighted by atomic mass is 10.1. The van der Waals surface area contributed by atoms with E-state index >= 15 is 0 Å². The predicted octanol–water partition coefficient (Wildman–Crippen LogP) is -0.211. The molecule has 0 aromatic carbocycles. The Morgan fingerprint density at radius 1 is 1.25 bits per heavy atom. The van der Waals surface area contributed by atoms with Crippen LogP contribution in [0.3, 0.4) is 0 Å². The van der Waals surface area contributed by atoms with Crippen molar-refractivity contribution in [1.82, 2.24) is 0 Å². The monoisotopic (exact) mass is 293 g/mol. The largest absolute Gasteiger partial charge is 0.445 e. The summed E-state index contributed by atoms with van der Waals surface area (Å²) in [5, 5.41) is 35.1. The van der Waals surface area contributed by atoms with Crippen LogP contribution in [0.5, 0.6) is 0 Å². The van der Waals surface area contributed by atoms with E-state index in [4.69, 9.17) is 54.8 Å². The Hall–Kier alpha value is 0.180. The average Bonchev–Trinajstić information content (AvgIpc) is 2.17. The van der Waals surface area contributed by atoms with Gasteiger partial charge in [0.2, 0.25) is 12.2 Å². The summed E-state index contributed by atoms with van der Waals surface area (Å²) in [5.41, 5.74) is 0. The average molecular weight is 295 g/mol. The molecule has 4 atom stereocenters. The summed E-state index contributed by atoms with van der Waals surface area (Å²) in [6.07, 6.45) is -5.56. The number of aliphatic hydroxyl groups is 3. The van der Waals surface area contributed by atoms with Gasteiger partial charge in [0.05, 0.1) is 6.61 Å². The first-order chi connectivity index (χ1) is 7.23. The number of ether oxygens (including phenoxy) is 2. The van der Waals surface area contributed by atoms with Gasteiger partial charge in [0, 0.05) is 0 Å². The van der Waals surface area contributed by atoms with E-state index in [0.29, 0.717) is 0 Å². The van der Waals surface area contributed by atoms with Crippen molar-refractivity contribution >= 4 is 40.7 Å². The first-order valence-corrected chi connectivity index (χ1v) is 5.35. The molecule has 16 heavy (non-hydrogen) atoms. The Morgan fingerprint density at radius 2 is 1.81 bits per heavy atom. The third-order valence-corrected chi connectivity index (χ3v) is 2.46. The Kier molecular flexibility index (Phi) is 4.65. The van der Waals surface area contributed by atoms with Crippen LogP contribution in [0.4, 0.5) is 0 Å². The fraction of sp³-hybridized carbons (Fsp3) is 0.857. The predicted molar refractivity (Wildman–Crippen MR) is 56.9 cm³/mol. The maximum atomic E-state index is 9.44. The molecule has 1 heterocycles. The van der Waals surface area contributed by atoms with Crippen LogP contribution >= 0.6 is 34.8 Å². The second-order valence-corrected chi connectivity index (χ2v) is 5.48. The van der Waals surface area contributed by atoms with Crippen molar-refractivity contribution in [3.8, 4) is 0 Å². The lowest BCUT2D eigenvalue weighted by molar-refractivity contribution is -0.246. The minimum atomic E-state index is -2.08. The van der Waals surface area contributed by atoms with Crippen LogP contribution in [0.1, 0.15) is 0 Å². The Morgan fingerprint density at radius 3 is 2.31 bits per heavy atom. The first kappa shape index (κ1) is 14.2. The molecule has 0 bridgehead atoms. The zero-order chi connectivity index (χ0) is 12.5. The number of aliphatic hydroxyl groups excluding tert-OH is 3. The molecule has 1 rings (SSSR count). The highest BCUT2D eigenvalue weighted by Crippen LogP contribution is 2.29. The third kappa shape index (κ3) is 3.33. The molecule has 0 saturated carbocycles. The number of nitrogens with one attached hydrogen (secondary N) is 1. The van der Waals surface area contributed by atoms with Crippen molar-refractivity contribution in [2.45, 2.75) is 28.4 Å². The Labute approximate surface area is 106 Å². The molecule has 1 aliphatic heterocycles. The van der Waals surface area contributed by atoms with E-state index in [0.717, 1.165) is 0 Å². The van der Waals surface area contributed by atoms with E-state index in [1.807, 2.05) is 0 Å². The lowest BCUT2D eigenvalue weighted by Gasteiger charge is -2.35. The summed E-state index contributed by atoms with van der Waals surface area (Å²) in [5.74, 6) is -0.745. The van der Waals surface area contributed by atoms with Crippen molar-refractivity contribution in [2.75, 3.05) is 6.61 Å². The Balaban J connectivity index is 2.59. The number of rotatable bonds is 1. The zero-order valence-corrected chi connectivity index (χ0v) is 10.1. The topological polar surface area (TPSA) is 103 Å². The van der Waals surface area contributed by atoms with Gasteiger partial charge in [-0.2, -0.15) is 0 Å². The highest BCUT2D eigenvalue weighted by Gasteiger charge is 2.41. The van der Waals surface area contributed by atoms with Crippen molar-refractivity contribution in [1.29, 1.82) is 5.41 Å². The van der Waals surface area contributed by atoms with E-state index < -0.39 is 34.3 Å². The van der Waals surface area contributed by atoms with Gasteiger partial charge >= 0.3 is 0 Å². The van der Waals surface area contributed by atoms with Crippen LogP contribution in [0.2, 0.25) is 0 Å². The van der Waals surface area contributed by atoms with Gasteiger partial charge < -0.3 is 24.8 Å². The molecule has 0 radical (unpaired) electrons. The van der Waals surface area contributed by atoms with Crippen molar-refractivity contribution < 1.29 is 24.8 Å². The Bertz CT molecular complexity index is 271. The van der Waals surface area contributed by atoms with Crippen LogP contribution in [-0.4, -0.2) is 56.2 Å². The van der Waals surface area contributed by atoms with Crippen LogP contribution in [0, 0.1) is 5.41 Å². The molecule has 0 aromatic rings. The summed E-state index contributed by atoms with van der Waals surface area (Å²) in [6, 6.07) is 0. The third-order valence-electron chi connectivity index (χ3n) is 1.95. The maximum Gasteiger partial charge on any atom is 0.265 e. The number of hydrogen-bond acceptors (Lipinski definition) is 6. The summed E-state index contributed by atoms with van der Waals surface area (Å²) in [7, 11) is 0. The van der Waals surface area contributed by atoms with Gasteiger partial charge in [0.15, 0.2) is 0 Å². The van der Waals surface area contributed by atoms with E-state index in [2.05, 4.69) is 0 Å². The highest BCUT2D eigenvalue weighted by molar-refractivity contribution is 6.76. The maximum absolute atomic E-state index is 9.44. The summed E-state index contributed by atoms with van der Waals surface area (Å²) in [4.78, 5) is 0. The molecule has 1 unspecified atom stereocenters. The number of halogens is 3. The number of hydrogen-bond donors (Lipinski definition) is 4. The second-order valence-electron chi connectivity index (χ2n) is 3.19. The molecule has 1 fully saturated rings. The molecule has 1 aliphatic rings. The normalized spacial score (nSPS) is 35.9. The molecule has 0 aromatic heterocycles. The number of alkyl halides is 3. The molecular formula is C7H10Cl3NO5. The van der Waals surface area contributed by atoms with Crippen molar-refractivity contribution in [3.63, 3.8) is 0 Å². The quantitative estimate of drug-likeness (QED) is 0.304. The molecule has 0 aliphatic carbocycles. The van der Waals surface area contributed by atoms with Crippen LogP contribution < -0.4 is 0 Å². The van der Waals surface area contributed by atoms with E-state index in [1.54, 1.807) is 0 Å². The van der Waals surface area contributed by atoms with Gasteiger partial charge in [-0.3, -0.25) is 5.41 Å². The molecule has 4 N–H and O–H groups in total.